The molecule has 5 heteroatoms. The van der Waals surface area contributed by atoms with Crippen molar-refractivity contribution in [1.29, 1.82) is 0 Å². The highest BCUT2D eigenvalue weighted by molar-refractivity contribution is 5.93. The van der Waals surface area contributed by atoms with Crippen molar-refractivity contribution in [2.45, 2.75) is 32.6 Å². The van der Waals surface area contributed by atoms with E-state index < -0.39 is 0 Å². The first kappa shape index (κ1) is 16.2. The number of hydrogen-bond donors (Lipinski definition) is 0. The lowest BCUT2D eigenvalue weighted by molar-refractivity contribution is 0.0637. The van der Waals surface area contributed by atoms with Crippen molar-refractivity contribution in [3.05, 3.63) is 24.0 Å². The summed E-state index contributed by atoms with van der Waals surface area (Å²) in [6.07, 6.45) is 6.90. The predicted molar refractivity (Wildman–Crippen MR) is 92.9 cm³/mol. The van der Waals surface area contributed by atoms with Crippen molar-refractivity contribution in [1.82, 2.24) is 14.8 Å². The molecule has 0 saturated carbocycles. The highest BCUT2D eigenvalue weighted by Gasteiger charge is 2.23. The number of carbonyl (C=O) groups excluding carboxylic acids is 1. The Kier molecular flexibility index (Phi) is 5.49. The SMILES string of the molecule is CCN1CCN(C(=O)c2cc(N3CCCCCC3)ccn2)CC1. The van der Waals surface area contributed by atoms with Crippen LogP contribution in [0.25, 0.3) is 0 Å². The number of carbonyl (C=O) groups is 1. The van der Waals surface area contributed by atoms with E-state index in [1.165, 1.54) is 25.7 Å². The molecule has 0 aliphatic carbocycles. The molecule has 5 nitrogen and oxygen atoms in total. The van der Waals surface area contributed by atoms with Crippen LogP contribution in [0.2, 0.25) is 0 Å². The summed E-state index contributed by atoms with van der Waals surface area (Å²) >= 11 is 0. The first-order valence-corrected chi connectivity index (χ1v) is 9.00. The van der Waals surface area contributed by atoms with Gasteiger partial charge in [0, 0.05) is 51.2 Å². The number of likely N-dealkylation sites (N-methyl/N-ethyl adjacent to an activating group) is 1. The lowest BCUT2D eigenvalue weighted by Crippen LogP contribution is -2.48. The molecule has 0 spiro atoms. The van der Waals surface area contributed by atoms with Crippen LogP contribution in [0.4, 0.5) is 5.69 Å². The standard InChI is InChI=1S/C18H28N4O/c1-2-20-11-13-22(14-12-20)18(23)17-15-16(7-8-19-17)21-9-5-3-4-6-10-21/h7-8,15H,2-6,9-14H2,1H3. The van der Waals surface area contributed by atoms with Gasteiger partial charge in [-0.2, -0.15) is 0 Å². The van der Waals surface area contributed by atoms with Crippen molar-refractivity contribution in [3.8, 4) is 0 Å². The fourth-order valence-electron chi connectivity index (χ4n) is 3.49. The zero-order valence-electron chi connectivity index (χ0n) is 14.2. The van der Waals surface area contributed by atoms with E-state index in [1.54, 1.807) is 6.20 Å². The van der Waals surface area contributed by atoms with E-state index in [0.29, 0.717) is 5.69 Å². The van der Waals surface area contributed by atoms with Crippen LogP contribution < -0.4 is 4.90 Å². The maximum Gasteiger partial charge on any atom is 0.272 e. The smallest absolute Gasteiger partial charge is 0.272 e. The Morgan fingerprint density at radius 1 is 1.04 bits per heavy atom. The lowest BCUT2D eigenvalue weighted by atomic mass is 10.2. The van der Waals surface area contributed by atoms with Crippen molar-refractivity contribution in [2.24, 2.45) is 0 Å². The number of piperazine rings is 1. The molecule has 2 saturated heterocycles. The maximum atomic E-state index is 12.7. The van der Waals surface area contributed by atoms with E-state index in [9.17, 15) is 4.79 Å². The number of amides is 1. The molecular weight excluding hydrogens is 288 g/mol. The minimum atomic E-state index is 0.0809. The molecule has 0 bridgehead atoms. The van der Waals surface area contributed by atoms with Gasteiger partial charge in [0.2, 0.25) is 0 Å². The summed E-state index contributed by atoms with van der Waals surface area (Å²) in [5.74, 6) is 0.0809. The summed E-state index contributed by atoms with van der Waals surface area (Å²) in [6.45, 7) is 8.96. The van der Waals surface area contributed by atoms with Crippen LogP contribution >= 0.6 is 0 Å². The summed E-state index contributed by atoms with van der Waals surface area (Å²) in [4.78, 5) is 23.8. The Morgan fingerprint density at radius 2 is 1.74 bits per heavy atom. The van der Waals surface area contributed by atoms with Crippen LogP contribution in [0.15, 0.2) is 18.3 Å². The van der Waals surface area contributed by atoms with Crippen LogP contribution in [-0.2, 0) is 0 Å². The molecule has 126 valence electrons. The van der Waals surface area contributed by atoms with Crippen molar-refractivity contribution >= 4 is 11.6 Å². The predicted octanol–water partition coefficient (Wildman–Crippen LogP) is 2.24. The molecule has 2 aliphatic rings. The molecule has 3 heterocycles. The maximum absolute atomic E-state index is 12.7. The molecule has 2 aliphatic heterocycles. The van der Waals surface area contributed by atoms with Crippen LogP contribution in [0.3, 0.4) is 0 Å². The largest absolute Gasteiger partial charge is 0.371 e. The molecule has 0 atom stereocenters. The molecule has 0 radical (unpaired) electrons. The van der Waals surface area contributed by atoms with Gasteiger partial charge in [-0.25, -0.2) is 0 Å². The number of hydrogen-bond acceptors (Lipinski definition) is 4. The highest BCUT2D eigenvalue weighted by atomic mass is 16.2. The molecule has 0 aromatic carbocycles. The van der Waals surface area contributed by atoms with Gasteiger partial charge in [0.1, 0.15) is 5.69 Å². The molecule has 0 unspecified atom stereocenters. The van der Waals surface area contributed by atoms with E-state index in [-0.39, 0.29) is 5.91 Å². The van der Waals surface area contributed by atoms with Gasteiger partial charge in [-0.15, -0.1) is 0 Å². The van der Waals surface area contributed by atoms with E-state index in [0.717, 1.165) is 51.5 Å². The minimum Gasteiger partial charge on any atom is -0.371 e. The fraction of sp³-hybridized carbons (Fsp3) is 0.667. The van der Waals surface area contributed by atoms with Crippen LogP contribution in [-0.4, -0.2) is 66.5 Å². The third-order valence-corrected chi connectivity index (χ3v) is 5.04. The van der Waals surface area contributed by atoms with E-state index in [2.05, 4.69) is 21.7 Å². The Hall–Kier alpha value is -1.62. The summed E-state index contributed by atoms with van der Waals surface area (Å²) in [5, 5.41) is 0. The number of rotatable bonds is 3. The Bertz CT molecular complexity index is 518. The molecule has 2 fully saturated rings. The summed E-state index contributed by atoms with van der Waals surface area (Å²) < 4.78 is 0. The van der Waals surface area contributed by atoms with Gasteiger partial charge in [-0.05, 0) is 31.5 Å². The fourth-order valence-corrected chi connectivity index (χ4v) is 3.49. The number of aromatic nitrogens is 1. The summed E-state index contributed by atoms with van der Waals surface area (Å²) in [5.41, 5.74) is 1.74. The molecular formula is C18H28N4O. The van der Waals surface area contributed by atoms with Crippen molar-refractivity contribution in [3.63, 3.8) is 0 Å². The van der Waals surface area contributed by atoms with Crippen LogP contribution in [0.5, 0.6) is 0 Å². The van der Waals surface area contributed by atoms with Crippen LogP contribution in [0, 0.1) is 0 Å². The monoisotopic (exact) mass is 316 g/mol. The molecule has 23 heavy (non-hydrogen) atoms. The number of pyridine rings is 1. The Balaban J connectivity index is 1.68. The molecule has 3 rings (SSSR count). The molecule has 0 N–H and O–H groups in total. The van der Waals surface area contributed by atoms with Gasteiger partial charge in [-0.3, -0.25) is 9.78 Å². The lowest BCUT2D eigenvalue weighted by Gasteiger charge is -2.34. The van der Waals surface area contributed by atoms with Crippen molar-refractivity contribution in [2.75, 3.05) is 50.7 Å². The Morgan fingerprint density at radius 3 is 2.39 bits per heavy atom. The van der Waals surface area contributed by atoms with Gasteiger partial charge in [-0.1, -0.05) is 19.8 Å². The van der Waals surface area contributed by atoms with Gasteiger partial charge >= 0.3 is 0 Å². The van der Waals surface area contributed by atoms with E-state index in [4.69, 9.17) is 0 Å². The highest BCUT2D eigenvalue weighted by Crippen LogP contribution is 2.20. The third-order valence-electron chi connectivity index (χ3n) is 5.04. The zero-order valence-corrected chi connectivity index (χ0v) is 14.2. The second-order valence-electron chi connectivity index (χ2n) is 6.53. The normalized spacial score (nSPS) is 20.4. The quantitative estimate of drug-likeness (QED) is 0.857. The minimum absolute atomic E-state index is 0.0809. The average molecular weight is 316 g/mol. The number of nitrogens with zero attached hydrogens (tertiary/aromatic N) is 4. The zero-order chi connectivity index (χ0) is 16.1. The van der Waals surface area contributed by atoms with E-state index >= 15 is 0 Å². The van der Waals surface area contributed by atoms with Gasteiger partial charge in [0.25, 0.3) is 5.91 Å². The second-order valence-corrected chi connectivity index (χ2v) is 6.53. The van der Waals surface area contributed by atoms with Crippen LogP contribution in [0.1, 0.15) is 43.1 Å². The number of anilines is 1. The topological polar surface area (TPSA) is 39.7 Å². The second kappa shape index (κ2) is 7.77. The van der Waals surface area contributed by atoms with Gasteiger partial charge in [0.15, 0.2) is 0 Å². The third kappa shape index (κ3) is 4.02. The first-order chi connectivity index (χ1) is 11.3. The molecule has 1 amide bonds. The molecule has 1 aromatic heterocycles. The Labute approximate surface area is 139 Å². The molecule has 1 aromatic rings. The van der Waals surface area contributed by atoms with E-state index in [1.807, 2.05) is 17.0 Å². The van der Waals surface area contributed by atoms with Gasteiger partial charge in [0.05, 0.1) is 0 Å². The van der Waals surface area contributed by atoms with Crippen molar-refractivity contribution < 1.29 is 4.79 Å². The van der Waals surface area contributed by atoms with Gasteiger partial charge < -0.3 is 14.7 Å². The first-order valence-electron chi connectivity index (χ1n) is 9.00. The average Bonchev–Trinajstić information content (AvgIpc) is 2.91. The summed E-state index contributed by atoms with van der Waals surface area (Å²) in [7, 11) is 0. The summed E-state index contributed by atoms with van der Waals surface area (Å²) in [6, 6.07) is 4.02.